The van der Waals surface area contributed by atoms with E-state index in [2.05, 4.69) is 10.0 Å². The maximum atomic E-state index is 13.2. The molecular formula is C28H32N4O6S. The average Bonchev–Trinajstić information content (AvgIpc) is 2.93. The Morgan fingerprint density at radius 2 is 1.72 bits per heavy atom. The van der Waals surface area contributed by atoms with Crippen molar-refractivity contribution in [1.82, 2.24) is 10.0 Å². The SMILES string of the molecule is N=C(N)c1cccc(OC[C@H](Cc2ccc(OC3CCNCC3)cc2)NS(=O)(=O)c2ccc(C(=O)O)cc2)c1. The number of rotatable bonds is 12. The highest BCUT2D eigenvalue weighted by molar-refractivity contribution is 7.89. The maximum absolute atomic E-state index is 13.2. The van der Waals surface area contributed by atoms with E-state index in [1.165, 1.54) is 24.3 Å². The van der Waals surface area contributed by atoms with Gasteiger partial charge in [0.15, 0.2) is 0 Å². The Hall–Kier alpha value is -3.93. The molecule has 0 spiro atoms. The van der Waals surface area contributed by atoms with Crippen LogP contribution in [-0.2, 0) is 16.4 Å². The second-order valence-electron chi connectivity index (χ2n) is 9.32. The van der Waals surface area contributed by atoms with Gasteiger partial charge >= 0.3 is 5.97 Å². The summed E-state index contributed by atoms with van der Waals surface area (Å²) in [5.41, 5.74) is 6.94. The third-order valence-electron chi connectivity index (χ3n) is 6.32. The second-order valence-corrected chi connectivity index (χ2v) is 11.0. The van der Waals surface area contributed by atoms with Crippen LogP contribution < -0.4 is 25.2 Å². The van der Waals surface area contributed by atoms with Crippen LogP contribution in [0.15, 0.2) is 77.7 Å². The normalized spacial score (nSPS) is 14.9. The van der Waals surface area contributed by atoms with Gasteiger partial charge in [-0.05, 0) is 86.4 Å². The lowest BCUT2D eigenvalue weighted by Crippen LogP contribution is -2.40. The number of amidine groups is 1. The van der Waals surface area contributed by atoms with Gasteiger partial charge in [-0.2, -0.15) is 0 Å². The molecule has 1 fully saturated rings. The maximum Gasteiger partial charge on any atom is 0.335 e. The van der Waals surface area contributed by atoms with E-state index in [9.17, 15) is 13.2 Å². The Morgan fingerprint density at radius 1 is 1.03 bits per heavy atom. The smallest absolute Gasteiger partial charge is 0.335 e. The van der Waals surface area contributed by atoms with E-state index >= 15 is 0 Å². The van der Waals surface area contributed by atoms with Crippen molar-refractivity contribution in [2.75, 3.05) is 19.7 Å². The van der Waals surface area contributed by atoms with E-state index in [-0.39, 0.29) is 29.0 Å². The molecule has 1 saturated heterocycles. The number of aromatic carboxylic acids is 1. The Kier molecular flexibility index (Phi) is 9.18. The quantitative estimate of drug-likeness (QED) is 0.169. The zero-order valence-electron chi connectivity index (χ0n) is 21.3. The summed E-state index contributed by atoms with van der Waals surface area (Å²) in [7, 11) is -3.98. The molecule has 1 heterocycles. The van der Waals surface area contributed by atoms with Crippen molar-refractivity contribution in [2.24, 2.45) is 5.73 Å². The first-order valence-electron chi connectivity index (χ1n) is 12.6. The number of nitrogen functional groups attached to an aromatic ring is 1. The molecule has 1 aliphatic heterocycles. The molecule has 1 aliphatic rings. The molecule has 11 heteroatoms. The Morgan fingerprint density at radius 3 is 2.36 bits per heavy atom. The van der Waals surface area contributed by atoms with Gasteiger partial charge in [0.1, 0.15) is 30.0 Å². The van der Waals surface area contributed by atoms with Crippen LogP contribution in [-0.4, -0.2) is 57.2 Å². The molecule has 0 aliphatic carbocycles. The number of sulfonamides is 1. The van der Waals surface area contributed by atoms with E-state index in [1.54, 1.807) is 24.3 Å². The lowest BCUT2D eigenvalue weighted by atomic mass is 10.1. The van der Waals surface area contributed by atoms with Crippen molar-refractivity contribution in [1.29, 1.82) is 5.41 Å². The molecule has 0 aromatic heterocycles. The van der Waals surface area contributed by atoms with Crippen LogP contribution in [0.4, 0.5) is 0 Å². The minimum atomic E-state index is -3.98. The molecular weight excluding hydrogens is 520 g/mol. The Balaban J connectivity index is 1.49. The summed E-state index contributed by atoms with van der Waals surface area (Å²) in [5.74, 6) is -0.0325. The van der Waals surface area contributed by atoms with E-state index in [0.717, 1.165) is 37.2 Å². The fourth-order valence-electron chi connectivity index (χ4n) is 4.24. The molecule has 39 heavy (non-hydrogen) atoms. The van der Waals surface area contributed by atoms with E-state index in [0.29, 0.717) is 17.7 Å². The zero-order chi connectivity index (χ0) is 27.8. The molecule has 0 bridgehead atoms. The summed E-state index contributed by atoms with van der Waals surface area (Å²) in [6, 6.07) is 18.6. The van der Waals surface area contributed by atoms with Gasteiger partial charge in [0, 0.05) is 5.56 Å². The number of carboxylic acids is 1. The first kappa shape index (κ1) is 28.1. The van der Waals surface area contributed by atoms with Crippen LogP contribution in [0.25, 0.3) is 0 Å². The predicted octanol–water partition coefficient (Wildman–Crippen LogP) is 2.77. The fraction of sp³-hybridized carbons (Fsp3) is 0.286. The molecule has 0 unspecified atom stereocenters. The van der Waals surface area contributed by atoms with E-state index in [4.69, 9.17) is 25.7 Å². The molecule has 6 N–H and O–H groups in total. The number of hydrogen-bond acceptors (Lipinski definition) is 7. The number of nitrogens with two attached hydrogens (primary N) is 1. The van der Waals surface area contributed by atoms with Gasteiger partial charge < -0.3 is 25.6 Å². The van der Waals surface area contributed by atoms with E-state index in [1.807, 2.05) is 24.3 Å². The van der Waals surface area contributed by atoms with Crippen molar-refractivity contribution in [3.8, 4) is 11.5 Å². The van der Waals surface area contributed by atoms with Gasteiger partial charge in [-0.1, -0.05) is 24.3 Å². The monoisotopic (exact) mass is 552 g/mol. The van der Waals surface area contributed by atoms with Crippen molar-refractivity contribution >= 4 is 21.8 Å². The fourth-order valence-corrected chi connectivity index (χ4v) is 5.46. The van der Waals surface area contributed by atoms with Crippen molar-refractivity contribution in [2.45, 2.75) is 36.3 Å². The molecule has 10 nitrogen and oxygen atoms in total. The van der Waals surface area contributed by atoms with Gasteiger partial charge in [-0.15, -0.1) is 0 Å². The van der Waals surface area contributed by atoms with Crippen molar-refractivity contribution in [3.05, 3.63) is 89.5 Å². The molecule has 0 saturated carbocycles. The van der Waals surface area contributed by atoms with Crippen LogP contribution in [0.2, 0.25) is 0 Å². The average molecular weight is 553 g/mol. The number of nitrogens with one attached hydrogen (secondary N) is 3. The molecule has 1 atom stereocenters. The van der Waals surface area contributed by atoms with Gasteiger partial charge in [-0.25, -0.2) is 17.9 Å². The van der Waals surface area contributed by atoms with Gasteiger partial charge in [0.2, 0.25) is 10.0 Å². The van der Waals surface area contributed by atoms with Crippen molar-refractivity contribution < 1.29 is 27.8 Å². The summed E-state index contributed by atoms with van der Waals surface area (Å²) in [6.07, 6.45) is 2.39. The summed E-state index contributed by atoms with van der Waals surface area (Å²) in [6.45, 7) is 1.86. The van der Waals surface area contributed by atoms with E-state index < -0.39 is 22.0 Å². The van der Waals surface area contributed by atoms with Crippen LogP contribution in [0, 0.1) is 5.41 Å². The summed E-state index contributed by atoms with van der Waals surface area (Å²) >= 11 is 0. The summed E-state index contributed by atoms with van der Waals surface area (Å²) in [4.78, 5) is 11.1. The van der Waals surface area contributed by atoms with Crippen LogP contribution >= 0.6 is 0 Å². The lowest BCUT2D eigenvalue weighted by molar-refractivity contribution is 0.0696. The highest BCUT2D eigenvalue weighted by Gasteiger charge is 2.22. The number of carbonyl (C=O) groups is 1. The summed E-state index contributed by atoms with van der Waals surface area (Å²) < 4.78 is 41.0. The molecule has 0 radical (unpaired) electrons. The molecule has 206 valence electrons. The predicted molar refractivity (Wildman–Crippen MR) is 147 cm³/mol. The number of benzene rings is 3. The third-order valence-corrected chi connectivity index (χ3v) is 7.86. The zero-order valence-corrected chi connectivity index (χ0v) is 22.1. The highest BCUT2D eigenvalue weighted by Crippen LogP contribution is 2.20. The number of hydrogen-bond donors (Lipinski definition) is 5. The minimum absolute atomic E-state index is 0.00111. The molecule has 0 amide bonds. The van der Waals surface area contributed by atoms with Crippen LogP contribution in [0.5, 0.6) is 11.5 Å². The largest absolute Gasteiger partial charge is 0.492 e. The first-order valence-corrected chi connectivity index (χ1v) is 14.1. The van der Waals surface area contributed by atoms with Gasteiger partial charge in [-0.3, -0.25) is 5.41 Å². The van der Waals surface area contributed by atoms with Crippen LogP contribution in [0.3, 0.4) is 0 Å². The minimum Gasteiger partial charge on any atom is -0.492 e. The Labute approximate surface area is 227 Å². The van der Waals surface area contributed by atoms with Crippen molar-refractivity contribution in [3.63, 3.8) is 0 Å². The second kappa shape index (κ2) is 12.7. The molecule has 3 aromatic carbocycles. The van der Waals surface area contributed by atoms with Gasteiger partial charge in [0.25, 0.3) is 0 Å². The first-order chi connectivity index (χ1) is 18.7. The number of ether oxygens (including phenoxy) is 2. The lowest BCUT2D eigenvalue weighted by Gasteiger charge is -2.24. The standard InChI is InChI=1S/C28H32N4O6S/c29-27(30)21-2-1-3-25(17-21)37-18-22(32-39(35,36)26-10-6-20(7-11-26)28(33)34)16-19-4-8-23(9-5-19)38-24-12-14-31-15-13-24/h1-11,17,22,24,31-32H,12-16,18H2,(H3,29,30)(H,33,34)/t22-/m0/s1. The van der Waals surface area contributed by atoms with Gasteiger partial charge in [0.05, 0.1) is 16.5 Å². The number of carboxylic acid groups (broad SMARTS) is 1. The van der Waals surface area contributed by atoms with Crippen LogP contribution in [0.1, 0.15) is 34.3 Å². The number of piperidine rings is 1. The highest BCUT2D eigenvalue weighted by atomic mass is 32.2. The topological polar surface area (TPSA) is 164 Å². The summed E-state index contributed by atoms with van der Waals surface area (Å²) in [5, 5.41) is 20.1. The molecule has 3 aromatic rings. The third kappa shape index (κ3) is 8.03. The Bertz CT molecular complexity index is 1390. The molecule has 4 rings (SSSR count).